The predicted molar refractivity (Wildman–Crippen MR) is 64.8 cm³/mol. The Morgan fingerprint density at radius 3 is 1.87 bits per heavy atom. The molecule has 0 fully saturated rings. The number of aliphatic hydroxyl groups excluding tert-OH is 1. The van der Waals surface area contributed by atoms with Crippen molar-refractivity contribution in [2.24, 2.45) is 11.8 Å². The minimum absolute atomic E-state index is 0.602. The number of rotatable bonds is 7. The molecular formula is C13H28O2. The third-order valence-electron chi connectivity index (χ3n) is 3.56. The Balaban J connectivity index is 3.94. The standard InChI is InChI=1S/C13H28O2/c1-6-11(7-2)10(3)8-9-12(14)13(4,5)15/h10-12,14-15H,6-9H2,1-5H3. The van der Waals surface area contributed by atoms with Crippen molar-refractivity contribution in [3.63, 3.8) is 0 Å². The second-order valence-electron chi connectivity index (χ2n) is 5.30. The van der Waals surface area contributed by atoms with Gasteiger partial charge in [0.05, 0.1) is 11.7 Å². The lowest BCUT2D eigenvalue weighted by Gasteiger charge is -2.27. The smallest absolute Gasteiger partial charge is 0.0849 e. The number of hydrogen-bond donors (Lipinski definition) is 2. The minimum Gasteiger partial charge on any atom is -0.390 e. The van der Waals surface area contributed by atoms with Gasteiger partial charge in [0.25, 0.3) is 0 Å². The van der Waals surface area contributed by atoms with Gasteiger partial charge in [-0.2, -0.15) is 0 Å². The van der Waals surface area contributed by atoms with Crippen LogP contribution in [0, 0.1) is 11.8 Å². The largest absolute Gasteiger partial charge is 0.390 e. The van der Waals surface area contributed by atoms with Gasteiger partial charge >= 0.3 is 0 Å². The summed E-state index contributed by atoms with van der Waals surface area (Å²) in [5.74, 6) is 1.39. The molecule has 0 aromatic carbocycles. The first-order chi connectivity index (χ1) is 6.82. The summed E-state index contributed by atoms with van der Waals surface area (Å²) >= 11 is 0. The fourth-order valence-corrected chi connectivity index (χ4v) is 2.10. The van der Waals surface area contributed by atoms with E-state index in [0.717, 1.165) is 12.3 Å². The molecule has 2 nitrogen and oxygen atoms in total. The van der Waals surface area contributed by atoms with E-state index in [9.17, 15) is 10.2 Å². The second kappa shape index (κ2) is 6.49. The molecule has 0 saturated carbocycles. The highest BCUT2D eigenvalue weighted by molar-refractivity contribution is 4.77. The van der Waals surface area contributed by atoms with E-state index in [1.165, 1.54) is 12.8 Å². The summed E-state index contributed by atoms with van der Waals surface area (Å²) in [6, 6.07) is 0. The molecular weight excluding hydrogens is 188 g/mol. The van der Waals surface area contributed by atoms with Crippen LogP contribution in [0.2, 0.25) is 0 Å². The van der Waals surface area contributed by atoms with Gasteiger partial charge in [0.2, 0.25) is 0 Å². The molecule has 0 spiro atoms. The molecule has 0 aliphatic heterocycles. The highest BCUT2D eigenvalue weighted by Gasteiger charge is 2.25. The molecule has 0 radical (unpaired) electrons. The van der Waals surface area contributed by atoms with Gasteiger partial charge in [-0.3, -0.25) is 0 Å². The van der Waals surface area contributed by atoms with Crippen molar-refractivity contribution in [2.45, 2.75) is 72.0 Å². The molecule has 2 unspecified atom stereocenters. The molecule has 0 heterocycles. The lowest BCUT2D eigenvalue weighted by molar-refractivity contribution is -0.0542. The first kappa shape index (κ1) is 14.9. The zero-order chi connectivity index (χ0) is 12.1. The van der Waals surface area contributed by atoms with Gasteiger partial charge in [-0.1, -0.05) is 33.6 Å². The van der Waals surface area contributed by atoms with Crippen LogP contribution in [0.4, 0.5) is 0 Å². The van der Waals surface area contributed by atoms with Crippen molar-refractivity contribution in [2.75, 3.05) is 0 Å². The first-order valence-corrected chi connectivity index (χ1v) is 6.23. The van der Waals surface area contributed by atoms with Crippen molar-refractivity contribution < 1.29 is 10.2 Å². The van der Waals surface area contributed by atoms with Crippen molar-refractivity contribution in [3.05, 3.63) is 0 Å². The zero-order valence-electron chi connectivity index (χ0n) is 11.0. The Hall–Kier alpha value is -0.0800. The summed E-state index contributed by atoms with van der Waals surface area (Å²) in [6.45, 7) is 10.0. The fraction of sp³-hybridized carbons (Fsp3) is 1.00. The van der Waals surface area contributed by atoms with Crippen LogP contribution in [0.5, 0.6) is 0 Å². The van der Waals surface area contributed by atoms with Crippen molar-refractivity contribution >= 4 is 0 Å². The van der Waals surface area contributed by atoms with Gasteiger partial charge in [0.1, 0.15) is 0 Å². The van der Waals surface area contributed by atoms with E-state index in [1.807, 2.05) is 0 Å². The van der Waals surface area contributed by atoms with Gasteiger partial charge < -0.3 is 10.2 Å². The Bertz CT molecular complexity index is 156. The maximum absolute atomic E-state index is 9.71. The van der Waals surface area contributed by atoms with Crippen LogP contribution in [0.3, 0.4) is 0 Å². The molecule has 0 aromatic rings. The third kappa shape index (κ3) is 5.53. The summed E-state index contributed by atoms with van der Waals surface area (Å²) < 4.78 is 0. The van der Waals surface area contributed by atoms with Gasteiger partial charge in [-0.15, -0.1) is 0 Å². The summed E-state index contributed by atoms with van der Waals surface area (Å²) in [7, 11) is 0. The van der Waals surface area contributed by atoms with Crippen molar-refractivity contribution in [1.29, 1.82) is 0 Å². The average Bonchev–Trinajstić information content (AvgIpc) is 2.14. The monoisotopic (exact) mass is 216 g/mol. The van der Waals surface area contributed by atoms with Crippen LogP contribution in [0.25, 0.3) is 0 Å². The van der Waals surface area contributed by atoms with E-state index in [-0.39, 0.29) is 0 Å². The van der Waals surface area contributed by atoms with E-state index >= 15 is 0 Å². The molecule has 0 aromatic heterocycles. The van der Waals surface area contributed by atoms with Crippen molar-refractivity contribution in [1.82, 2.24) is 0 Å². The van der Waals surface area contributed by atoms with Crippen LogP contribution in [0.1, 0.15) is 60.3 Å². The minimum atomic E-state index is -0.965. The molecule has 2 heteroatoms. The summed E-state index contributed by atoms with van der Waals surface area (Å²) in [5.41, 5.74) is -0.965. The third-order valence-corrected chi connectivity index (χ3v) is 3.56. The molecule has 15 heavy (non-hydrogen) atoms. The fourth-order valence-electron chi connectivity index (χ4n) is 2.10. The molecule has 92 valence electrons. The SMILES string of the molecule is CCC(CC)C(C)CCC(O)C(C)(C)O. The van der Waals surface area contributed by atoms with E-state index < -0.39 is 11.7 Å². The molecule has 0 saturated heterocycles. The second-order valence-corrected chi connectivity index (χ2v) is 5.30. The van der Waals surface area contributed by atoms with Crippen LogP contribution < -0.4 is 0 Å². The Labute approximate surface area is 94.7 Å². The van der Waals surface area contributed by atoms with Crippen LogP contribution >= 0.6 is 0 Å². The molecule has 2 atom stereocenters. The maximum atomic E-state index is 9.71. The summed E-state index contributed by atoms with van der Waals surface area (Å²) in [6.07, 6.45) is 3.50. The van der Waals surface area contributed by atoms with Gasteiger partial charge in [0, 0.05) is 0 Å². The van der Waals surface area contributed by atoms with E-state index in [2.05, 4.69) is 20.8 Å². The molecule has 0 aliphatic carbocycles. The van der Waals surface area contributed by atoms with Crippen LogP contribution in [-0.2, 0) is 0 Å². The van der Waals surface area contributed by atoms with E-state index in [0.29, 0.717) is 12.3 Å². The van der Waals surface area contributed by atoms with Crippen LogP contribution in [0.15, 0.2) is 0 Å². The first-order valence-electron chi connectivity index (χ1n) is 6.23. The van der Waals surface area contributed by atoms with E-state index in [1.54, 1.807) is 13.8 Å². The highest BCUT2D eigenvalue weighted by Crippen LogP contribution is 2.25. The topological polar surface area (TPSA) is 40.5 Å². The van der Waals surface area contributed by atoms with E-state index in [4.69, 9.17) is 0 Å². The normalized spacial score (nSPS) is 16.8. The molecule has 2 N–H and O–H groups in total. The molecule has 0 aliphatic rings. The Kier molecular flexibility index (Phi) is 6.46. The Morgan fingerprint density at radius 2 is 1.53 bits per heavy atom. The van der Waals surface area contributed by atoms with Crippen molar-refractivity contribution in [3.8, 4) is 0 Å². The molecule has 0 amide bonds. The lowest BCUT2D eigenvalue weighted by Crippen LogP contribution is -2.36. The number of aliphatic hydroxyl groups is 2. The summed E-state index contributed by atoms with van der Waals surface area (Å²) in [5, 5.41) is 19.3. The Morgan fingerprint density at radius 1 is 1.07 bits per heavy atom. The molecule has 0 bridgehead atoms. The average molecular weight is 216 g/mol. The van der Waals surface area contributed by atoms with Gasteiger partial charge in [-0.05, 0) is 38.5 Å². The summed E-state index contributed by atoms with van der Waals surface area (Å²) in [4.78, 5) is 0. The highest BCUT2D eigenvalue weighted by atomic mass is 16.3. The predicted octanol–water partition coefficient (Wildman–Crippen LogP) is 2.97. The quantitative estimate of drug-likeness (QED) is 0.687. The maximum Gasteiger partial charge on any atom is 0.0849 e. The van der Waals surface area contributed by atoms with Gasteiger partial charge in [-0.25, -0.2) is 0 Å². The molecule has 0 rings (SSSR count). The van der Waals surface area contributed by atoms with Gasteiger partial charge in [0.15, 0.2) is 0 Å². The number of hydrogen-bond acceptors (Lipinski definition) is 2. The van der Waals surface area contributed by atoms with Crippen LogP contribution in [-0.4, -0.2) is 21.9 Å². The lowest BCUT2D eigenvalue weighted by atomic mass is 9.84. The zero-order valence-corrected chi connectivity index (χ0v) is 11.0.